The van der Waals surface area contributed by atoms with E-state index in [1.807, 2.05) is 6.92 Å². The Hall–Kier alpha value is -0.120. The minimum Gasteiger partial charge on any atom is -0.382 e. The molecule has 0 saturated carbocycles. The molecule has 1 aliphatic rings. The van der Waals surface area contributed by atoms with Crippen LogP contribution in [0.5, 0.6) is 0 Å². The second-order valence-electron chi connectivity index (χ2n) is 4.45. The number of hydrogen-bond donors (Lipinski definition) is 0. The molecule has 1 saturated heterocycles. The van der Waals surface area contributed by atoms with Crippen molar-refractivity contribution in [3.8, 4) is 0 Å². The number of methoxy groups -OCH3 is 1. The van der Waals surface area contributed by atoms with E-state index in [4.69, 9.17) is 14.2 Å². The van der Waals surface area contributed by atoms with Crippen LogP contribution in [0.4, 0.5) is 0 Å². The Balaban J connectivity index is 2.17. The van der Waals surface area contributed by atoms with Crippen LogP contribution < -0.4 is 0 Å². The second kappa shape index (κ2) is 6.46. The first-order chi connectivity index (χ1) is 7.20. The molecule has 0 aromatic rings. The van der Waals surface area contributed by atoms with E-state index in [1.54, 1.807) is 7.11 Å². The van der Waals surface area contributed by atoms with E-state index in [9.17, 15) is 0 Å². The summed E-state index contributed by atoms with van der Waals surface area (Å²) in [5.41, 5.74) is 0. The number of unbranched alkanes of at least 4 members (excludes halogenated alkanes) is 3. The lowest BCUT2D eigenvalue weighted by molar-refractivity contribution is -0.163. The van der Waals surface area contributed by atoms with Crippen molar-refractivity contribution < 1.29 is 14.2 Å². The smallest absolute Gasteiger partial charge is 0.166 e. The molecule has 0 radical (unpaired) electrons. The van der Waals surface area contributed by atoms with E-state index < -0.39 is 0 Å². The van der Waals surface area contributed by atoms with Gasteiger partial charge in [0.15, 0.2) is 5.79 Å². The fraction of sp³-hybridized carbons (Fsp3) is 1.00. The monoisotopic (exact) mass is 216 g/mol. The predicted molar refractivity (Wildman–Crippen MR) is 59.9 cm³/mol. The van der Waals surface area contributed by atoms with Crippen LogP contribution in [-0.4, -0.2) is 32.2 Å². The van der Waals surface area contributed by atoms with Crippen molar-refractivity contribution in [3.63, 3.8) is 0 Å². The van der Waals surface area contributed by atoms with Crippen LogP contribution in [0.25, 0.3) is 0 Å². The van der Waals surface area contributed by atoms with Crippen LogP contribution >= 0.6 is 0 Å². The molecular formula is C12H24O3. The highest BCUT2D eigenvalue weighted by atomic mass is 16.7. The van der Waals surface area contributed by atoms with Gasteiger partial charge in [0.05, 0.1) is 13.2 Å². The third-order valence-corrected chi connectivity index (χ3v) is 2.83. The molecule has 15 heavy (non-hydrogen) atoms. The highest BCUT2D eigenvalue weighted by molar-refractivity contribution is 4.74. The minimum atomic E-state index is -0.364. The van der Waals surface area contributed by atoms with Gasteiger partial charge >= 0.3 is 0 Å². The Morgan fingerprint density at radius 1 is 1.33 bits per heavy atom. The molecule has 2 atom stereocenters. The SMILES string of the molecule is CCCCCCC1(C)OCC(COC)O1. The zero-order chi connectivity index (χ0) is 11.1. The van der Waals surface area contributed by atoms with E-state index in [-0.39, 0.29) is 11.9 Å². The first-order valence-electron chi connectivity index (χ1n) is 6.01. The van der Waals surface area contributed by atoms with E-state index in [1.165, 1.54) is 25.7 Å². The molecule has 3 nitrogen and oxygen atoms in total. The van der Waals surface area contributed by atoms with Gasteiger partial charge in [-0.1, -0.05) is 26.2 Å². The van der Waals surface area contributed by atoms with Gasteiger partial charge in [0, 0.05) is 13.5 Å². The van der Waals surface area contributed by atoms with Gasteiger partial charge < -0.3 is 14.2 Å². The Morgan fingerprint density at radius 3 is 2.80 bits per heavy atom. The third-order valence-electron chi connectivity index (χ3n) is 2.83. The molecule has 0 spiro atoms. The summed E-state index contributed by atoms with van der Waals surface area (Å²) in [4.78, 5) is 0. The molecule has 90 valence electrons. The molecule has 0 aromatic carbocycles. The van der Waals surface area contributed by atoms with Gasteiger partial charge in [0.1, 0.15) is 6.10 Å². The lowest BCUT2D eigenvalue weighted by Crippen LogP contribution is -2.27. The molecule has 2 unspecified atom stereocenters. The number of rotatable bonds is 7. The largest absolute Gasteiger partial charge is 0.382 e. The van der Waals surface area contributed by atoms with Crippen molar-refractivity contribution in [1.82, 2.24) is 0 Å². The Morgan fingerprint density at radius 2 is 2.13 bits per heavy atom. The second-order valence-corrected chi connectivity index (χ2v) is 4.45. The van der Waals surface area contributed by atoms with Crippen LogP contribution in [0.2, 0.25) is 0 Å². The average Bonchev–Trinajstić information content (AvgIpc) is 2.57. The van der Waals surface area contributed by atoms with Crippen LogP contribution in [0.3, 0.4) is 0 Å². The Labute approximate surface area is 93.1 Å². The van der Waals surface area contributed by atoms with Crippen molar-refractivity contribution >= 4 is 0 Å². The lowest BCUT2D eigenvalue weighted by Gasteiger charge is -2.23. The van der Waals surface area contributed by atoms with E-state index in [0.717, 1.165) is 6.42 Å². The Kier molecular flexibility index (Phi) is 5.58. The zero-order valence-electron chi connectivity index (χ0n) is 10.3. The van der Waals surface area contributed by atoms with Crippen LogP contribution in [-0.2, 0) is 14.2 Å². The minimum absolute atomic E-state index is 0.117. The highest BCUT2D eigenvalue weighted by Gasteiger charge is 2.36. The molecule has 1 aliphatic heterocycles. The van der Waals surface area contributed by atoms with Crippen LogP contribution in [0, 0.1) is 0 Å². The fourth-order valence-electron chi connectivity index (χ4n) is 1.96. The molecule has 0 aromatic heterocycles. The van der Waals surface area contributed by atoms with Gasteiger partial charge in [-0.3, -0.25) is 0 Å². The lowest BCUT2D eigenvalue weighted by atomic mass is 10.1. The van der Waals surface area contributed by atoms with Crippen molar-refractivity contribution in [1.29, 1.82) is 0 Å². The van der Waals surface area contributed by atoms with Crippen molar-refractivity contribution in [2.45, 2.75) is 57.8 Å². The normalized spacial score (nSPS) is 31.0. The Bertz CT molecular complexity index is 172. The van der Waals surface area contributed by atoms with Crippen LogP contribution in [0.1, 0.15) is 46.0 Å². The number of ether oxygens (including phenoxy) is 3. The summed E-state index contributed by atoms with van der Waals surface area (Å²) >= 11 is 0. The molecule has 1 rings (SSSR count). The summed E-state index contributed by atoms with van der Waals surface area (Å²) in [5, 5.41) is 0. The summed E-state index contributed by atoms with van der Waals surface area (Å²) in [7, 11) is 1.69. The highest BCUT2D eigenvalue weighted by Crippen LogP contribution is 2.28. The molecule has 0 bridgehead atoms. The van der Waals surface area contributed by atoms with Gasteiger partial charge in [-0.15, -0.1) is 0 Å². The van der Waals surface area contributed by atoms with Gasteiger partial charge in [-0.2, -0.15) is 0 Å². The molecule has 1 heterocycles. The maximum atomic E-state index is 5.82. The molecule has 0 N–H and O–H groups in total. The fourth-order valence-corrected chi connectivity index (χ4v) is 1.96. The van der Waals surface area contributed by atoms with Gasteiger partial charge in [-0.05, 0) is 13.3 Å². The summed E-state index contributed by atoms with van der Waals surface area (Å²) in [6.07, 6.45) is 6.14. The molecule has 1 fully saturated rings. The first-order valence-corrected chi connectivity index (χ1v) is 6.01. The summed E-state index contributed by atoms with van der Waals surface area (Å²) < 4.78 is 16.6. The van der Waals surface area contributed by atoms with Crippen molar-refractivity contribution in [3.05, 3.63) is 0 Å². The van der Waals surface area contributed by atoms with E-state index in [0.29, 0.717) is 13.2 Å². The van der Waals surface area contributed by atoms with Gasteiger partial charge in [0.2, 0.25) is 0 Å². The molecule has 3 heteroatoms. The van der Waals surface area contributed by atoms with E-state index in [2.05, 4.69) is 6.92 Å². The van der Waals surface area contributed by atoms with Crippen LogP contribution in [0.15, 0.2) is 0 Å². The van der Waals surface area contributed by atoms with E-state index >= 15 is 0 Å². The van der Waals surface area contributed by atoms with Crippen molar-refractivity contribution in [2.24, 2.45) is 0 Å². The zero-order valence-corrected chi connectivity index (χ0v) is 10.3. The third kappa shape index (κ3) is 4.49. The molecule has 0 aliphatic carbocycles. The van der Waals surface area contributed by atoms with Gasteiger partial charge in [-0.25, -0.2) is 0 Å². The molecular weight excluding hydrogens is 192 g/mol. The topological polar surface area (TPSA) is 27.7 Å². The quantitative estimate of drug-likeness (QED) is 0.612. The summed E-state index contributed by atoms with van der Waals surface area (Å²) in [6.45, 7) is 5.55. The summed E-state index contributed by atoms with van der Waals surface area (Å²) in [6, 6.07) is 0. The average molecular weight is 216 g/mol. The number of hydrogen-bond acceptors (Lipinski definition) is 3. The maximum Gasteiger partial charge on any atom is 0.166 e. The first kappa shape index (κ1) is 12.9. The maximum absolute atomic E-state index is 5.82. The van der Waals surface area contributed by atoms with Gasteiger partial charge in [0.25, 0.3) is 0 Å². The summed E-state index contributed by atoms with van der Waals surface area (Å²) in [5.74, 6) is -0.364. The predicted octanol–water partition coefficient (Wildman–Crippen LogP) is 2.73. The molecule has 0 amide bonds. The van der Waals surface area contributed by atoms with Crippen molar-refractivity contribution in [2.75, 3.05) is 20.3 Å². The standard InChI is InChI=1S/C12H24O3/c1-4-5-6-7-8-12(2)14-10-11(15-12)9-13-3/h11H,4-10H2,1-3H3.